The fourth-order valence-corrected chi connectivity index (χ4v) is 2.99. The number of rotatable bonds is 3. The van der Waals surface area contributed by atoms with Crippen LogP contribution in [0.25, 0.3) is 0 Å². The van der Waals surface area contributed by atoms with Gasteiger partial charge in [0.15, 0.2) is 0 Å². The highest BCUT2D eigenvalue weighted by Crippen LogP contribution is 2.25. The molecule has 1 aromatic heterocycles. The lowest BCUT2D eigenvalue weighted by atomic mass is 10.1. The number of hydrogen-bond acceptors (Lipinski definition) is 4. The van der Waals surface area contributed by atoms with Crippen LogP contribution in [0.15, 0.2) is 11.4 Å². The fraction of sp³-hybridized carbons (Fsp3) is 0.583. The highest BCUT2D eigenvalue weighted by atomic mass is 32.1. The Hall–Kier alpha value is -0.870. The summed E-state index contributed by atoms with van der Waals surface area (Å²) in [6, 6.07) is 2.46. The number of methoxy groups -OCH3 is 1. The standard InChI is InChI=1S/C12H17NO2S/c1-9(7-12(14)15-2)13-5-3-11-10(8-13)4-6-16-11/h4,6,9H,3,5,7-8H2,1-2H3. The van der Waals surface area contributed by atoms with Gasteiger partial charge in [0.2, 0.25) is 0 Å². The third kappa shape index (κ3) is 2.44. The van der Waals surface area contributed by atoms with E-state index in [4.69, 9.17) is 4.74 Å². The van der Waals surface area contributed by atoms with Crippen LogP contribution < -0.4 is 0 Å². The van der Waals surface area contributed by atoms with Gasteiger partial charge < -0.3 is 4.74 Å². The van der Waals surface area contributed by atoms with Crippen LogP contribution in [0.5, 0.6) is 0 Å². The summed E-state index contributed by atoms with van der Waals surface area (Å²) in [5, 5.41) is 2.15. The molecule has 0 aliphatic carbocycles. The molecule has 4 heteroatoms. The molecule has 2 heterocycles. The van der Waals surface area contributed by atoms with Gasteiger partial charge in [-0.15, -0.1) is 11.3 Å². The van der Waals surface area contributed by atoms with Gasteiger partial charge in [-0.05, 0) is 30.4 Å². The third-order valence-corrected chi connectivity index (χ3v) is 4.17. The van der Waals surface area contributed by atoms with Crippen LogP contribution in [0.4, 0.5) is 0 Å². The highest BCUT2D eigenvalue weighted by molar-refractivity contribution is 7.10. The molecule has 3 nitrogen and oxygen atoms in total. The smallest absolute Gasteiger partial charge is 0.307 e. The van der Waals surface area contributed by atoms with Crippen LogP contribution in [-0.4, -0.2) is 30.6 Å². The number of nitrogens with zero attached hydrogens (tertiary/aromatic N) is 1. The lowest BCUT2D eigenvalue weighted by molar-refractivity contribution is -0.142. The summed E-state index contributed by atoms with van der Waals surface area (Å²) in [4.78, 5) is 15.1. The summed E-state index contributed by atoms with van der Waals surface area (Å²) >= 11 is 1.84. The number of ether oxygens (including phenoxy) is 1. The molecule has 0 fully saturated rings. The normalized spacial score (nSPS) is 17.9. The lowest BCUT2D eigenvalue weighted by Crippen LogP contribution is -2.38. The molecule has 0 N–H and O–H groups in total. The van der Waals surface area contributed by atoms with Gasteiger partial charge in [-0.3, -0.25) is 9.69 Å². The molecule has 1 aromatic rings. The van der Waals surface area contributed by atoms with E-state index >= 15 is 0 Å². The molecule has 1 aliphatic rings. The van der Waals surface area contributed by atoms with Gasteiger partial charge in [0.05, 0.1) is 13.5 Å². The first-order valence-electron chi connectivity index (χ1n) is 5.57. The number of thiophene rings is 1. The summed E-state index contributed by atoms with van der Waals surface area (Å²) in [5.41, 5.74) is 1.42. The van der Waals surface area contributed by atoms with Gasteiger partial charge in [-0.1, -0.05) is 0 Å². The molecule has 0 radical (unpaired) electrons. The molecule has 88 valence electrons. The van der Waals surface area contributed by atoms with Gasteiger partial charge in [-0.2, -0.15) is 0 Å². The molecule has 1 atom stereocenters. The van der Waals surface area contributed by atoms with Crippen LogP contribution in [0.3, 0.4) is 0 Å². The average Bonchev–Trinajstić information content (AvgIpc) is 2.75. The number of carbonyl (C=O) groups excluding carboxylic acids is 1. The summed E-state index contributed by atoms with van der Waals surface area (Å²) in [6.07, 6.45) is 1.59. The van der Waals surface area contributed by atoms with E-state index in [0.29, 0.717) is 6.42 Å². The SMILES string of the molecule is COC(=O)CC(C)N1CCc2sccc2C1. The Balaban J connectivity index is 1.95. The molecule has 1 aliphatic heterocycles. The maximum atomic E-state index is 11.2. The summed E-state index contributed by atoms with van der Waals surface area (Å²) in [5.74, 6) is -0.122. The van der Waals surface area contributed by atoms with E-state index < -0.39 is 0 Å². The predicted octanol–water partition coefficient (Wildman–Crippen LogP) is 2.06. The summed E-state index contributed by atoms with van der Waals surface area (Å²) in [6.45, 7) is 4.11. The van der Waals surface area contributed by atoms with Crippen molar-refractivity contribution in [1.29, 1.82) is 0 Å². The first-order valence-corrected chi connectivity index (χ1v) is 6.44. The summed E-state index contributed by atoms with van der Waals surface area (Å²) in [7, 11) is 1.45. The second kappa shape index (κ2) is 4.97. The molecule has 2 rings (SSSR count). The molecule has 0 aromatic carbocycles. The molecule has 0 amide bonds. The predicted molar refractivity (Wildman–Crippen MR) is 64.5 cm³/mol. The van der Waals surface area contributed by atoms with E-state index in [2.05, 4.69) is 23.3 Å². The number of carbonyl (C=O) groups is 1. The first-order chi connectivity index (χ1) is 7.70. The van der Waals surface area contributed by atoms with Gasteiger partial charge in [-0.25, -0.2) is 0 Å². The molecular weight excluding hydrogens is 222 g/mol. The van der Waals surface area contributed by atoms with Gasteiger partial charge in [0.25, 0.3) is 0 Å². The Kier molecular flexibility index (Phi) is 3.61. The quantitative estimate of drug-likeness (QED) is 0.756. The van der Waals surface area contributed by atoms with Crippen molar-refractivity contribution in [2.75, 3.05) is 13.7 Å². The van der Waals surface area contributed by atoms with Crippen molar-refractivity contribution in [1.82, 2.24) is 4.90 Å². The second-order valence-electron chi connectivity index (χ2n) is 4.22. The molecule has 1 unspecified atom stereocenters. The third-order valence-electron chi connectivity index (χ3n) is 3.15. The zero-order valence-corrected chi connectivity index (χ0v) is 10.5. The Morgan fingerprint density at radius 2 is 2.50 bits per heavy atom. The topological polar surface area (TPSA) is 29.5 Å². The summed E-state index contributed by atoms with van der Waals surface area (Å²) < 4.78 is 4.70. The van der Waals surface area contributed by atoms with Crippen LogP contribution in [0, 0.1) is 0 Å². The van der Waals surface area contributed by atoms with E-state index in [-0.39, 0.29) is 12.0 Å². The van der Waals surface area contributed by atoms with Crippen molar-refractivity contribution >= 4 is 17.3 Å². The first kappa shape index (κ1) is 11.6. The largest absolute Gasteiger partial charge is 0.469 e. The Morgan fingerprint density at radius 3 is 3.25 bits per heavy atom. The highest BCUT2D eigenvalue weighted by Gasteiger charge is 2.23. The minimum absolute atomic E-state index is 0.122. The van der Waals surface area contributed by atoms with Gasteiger partial charge in [0.1, 0.15) is 0 Å². The lowest BCUT2D eigenvalue weighted by Gasteiger charge is -2.31. The molecule has 0 spiro atoms. The van der Waals surface area contributed by atoms with Crippen molar-refractivity contribution in [3.8, 4) is 0 Å². The molecule has 0 saturated heterocycles. The Labute approximate surface area is 100 Å². The fourth-order valence-electron chi connectivity index (χ4n) is 2.10. The number of hydrogen-bond donors (Lipinski definition) is 0. The maximum Gasteiger partial charge on any atom is 0.307 e. The van der Waals surface area contributed by atoms with Crippen LogP contribution in [0.1, 0.15) is 23.8 Å². The number of esters is 1. The van der Waals surface area contributed by atoms with Crippen LogP contribution in [-0.2, 0) is 22.5 Å². The molecular formula is C12H17NO2S. The van der Waals surface area contributed by atoms with E-state index in [0.717, 1.165) is 19.5 Å². The Bertz CT molecular complexity index is 375. The van der Waals surface area contributed by atoms with Crippen molar-refractivity contribution in [2.24, 2.45) is 0 Å². The van der Waals surface area contributed by atoms with E-state index in [1.807, 2.05) is 11.3 Å². The van der Waals surface area contributed by atoms with Crippen LogP contribution >= 0.6 is 11.3 Å². The van der Waals surface area contributed by atoms with Crippen LogP contribution in [0.2, 0.25) is 0 Å². The van der Waals surface area contributed by atoms with Crippen molar-refractivity contribution in [3.63, 3.8) is 0 Å². The minimum atomic E-state index is -0.122. The van der Waals surface area contributed by atoms with E-state index in [9.17, 15) is 4.79 Å². The second-order valence-corrected chi connectivity index (χ2v) is 5.22. The zero-order chi connectivity index (χ0) is 11.5. The Morgan fingerprint density at radius 1 is 1.69 bits per heavy atom. The zero-order valence-electron chi connectivity index (χ0n) is 9.73. The van der Waals surface area contributed by atoms with Crippen molar-refractivity contribution in [2.45, 2.75) is 32.4 Å². The van der Waals surface area contributed by atoms with Gasteiger partial charge >= 0.3 is 5.97 Å². The van der Waals surface area contributed by atoms with E-state index in [1.165, 1.54) is 17.6 Å². The molecule has 0 bridgehead atoms. The van der Waals surface area contributed by atoms with Crippen molar-refractivity contribution in [3.05, 3.63) is 21.9 Å². The average molecular weight is 239 g/mol. The van der Waals surface area contributed by atoms with E-state index in [1.54, 1.807) is 0 Å². The maximum absolute atomic E-state index is 11.2. The molecule has 16 heavy (non-hydrogen) atoms. The minimum Gasteiger partial charge on any atom is -0.469 e. The number of fused-ring (bicyclic) bond motifs is 1. The van der Waals surface area contributed by atoms with Crippen molar-refractivity contribution < 1.29 is 9.53 Å². The molecule has 0 saturated carbocycles. The van der Waals surface area contributed by atoms with Gasteiger partial charge in [0, 0.05) is 24.0 Å². The monoisotopic (exact) mass is 239 g/mol.